The number of carbonyl (C=O) groups is 1. The van der Waals surface area contributed by atoms with Crippen LogP contribution in [0.4, 0.5) is 0 Å². The van der Waals surface area contributed by atoms with Crippen molar-refractivity contribution < 1.29 is 9.53 Å². The summed E-state index contributed by atoms with van der Waals surface area (Å²) in [5.41, 5.74) is 1.26. The highest BCUT2D eigenvalue weighted by Crippen LogP contribution is 2.19. The lowest BCUT2D eigenvalue weighted by molar-refractivity contribution is -0.115. The Kier molecular flexibility index (Phi) is 4.71. The topological polar surface area (TPSA) is 50.1 Å². The van der Waals surface area contributed by atoms with Crippen LogP contribution in [-0.2, 0) is 9.53 Å². The molecule has 0 aliphatic rings. The van der Waals surface area contributed by atoms with Crippen LogP contribution in [0.1, 0.15) is 24.2 Å². The Balaban J connectivity index is 2.90. The number of rotatable bonds is 5. The van der Waals surface area contributed by atoms with Gasteiger partial charge in [0.25, 0.3) is 0 Å². The molecule has 3 nitrogen and oxygen atoms in total. The number of nitrogens with zero attached hydrogens (tertiary/aromatic N) is 1. The maximum atomic E-state index is 11.0. The Morgan fingerprint density at radius 2 is 2.12 bits per heavy atom. The van der Waals surface area contributed by atoms with Crippen LogP contribution < -0.4 is 0 Å². The minimum absolute atomic E-state index is 0.548. The molecule has 3 heteroatoms. The maximum Gasteiger partial charge on any atom is 0.179 e. The molecule has 0 aliphatic carbocycles. The summed E-state index contributed by atoms with van der Waals surface area (Å²) < 4.78 is 5.45. The van der Waals surface area contributed by atoms with E-state index in [0.717, 1.165) is 0 Å². The Bertz CT molecular complexity index is 466. The normalized spacial score (nSPS) is 12.4. The number of carbonyl (C=O) groups excluding carboxylic acids is 1. The van der Waals surface area contributed by atoms with Gasteiger partial charge in [0.15, 0.2) is 12.4 Å². The third kappa shape index (κ3) is 3.32. The Hall–Kier alpha value is -2.34. The Morgan fingerprint density at radius 1 is 1.47 bits per heavy atom. The average molecular weight is 227 g/mol. The van der Waals surface area contributed by atoms with E-state index in [1.807, 2.05) is 6.07 Å². The van der Waals surface area contributed by atoms with Crippen LogP contribution in [-0.4, -0.2) is 6.29 Å². The van der Waals surface area contributed by atoms with Crippen molar-refractivity contribution >= 4 is 6.29 Å². The number of nitriles is 1. The lowest BCUT2D eigenvalue weighted by atomic mass is 10.1. The first kappa shape index (κ1) is 12.7. The number of ether oxygens (including phenoxy) is 1. The average Bonchev–Trinajstić information content (AvgIpc) is 2.40. The van der Waals surface area contributed by atoms with Crippen LogP contribution in [0.15, 0.2) is 48.8 Å². The van der Waals surface area contributed by atoms with Crippen molar-refractivity contribution in [2.75, 3.05) is 0 Å². The zero-order chi connectivity index (χ0) is 12.7. The van der Waals surface area contributed by atoms with Gasteiger partial charge in [-0.25, -0.2) is 0 Å². The fourth-order valence-electron chi connectivity index (χ4n) is 1.30. The molecule has 0 spiro atoms. The van der Waals surface area contributed by atoms with Crippen LogP contribution in [0, 0.1) is 11.3 Å². The van der Waals surface area contributed by atoms with Gasteiger partial charge in [-0.15, -0.1) is 0 Å². The molecule has 1 aromatic carbocycles. The van der Waals surface area contributed by atoms with Gasteiger partial charge < -0.3 is 4.74 Å². The lowest BCUT2D eigenvalue weighted by Gasteiger charge is -2.14. The molecule has 0 aromatic heterocycles. The van der Waals surface area contributed by atoms with Crippen molar-refractivity contribution in [2.24, 2.45) is 0 Å². The molecular weight excluding hydrogens is 214 g/mol. The zero-order valence-electron chi connectivity index (χ0n) is 9.59. The van der Waals surface area contributed by atoms with E-state index < -0.39 is 6.10 Å². The highest BCUT2D eigenvalue weighted by Gasteiger charge is 2.11. The highest BCUT2D eigenvalue weighted by atomic mass is 16.5. The van der Waals surface area contributed by atoms with Gasteiger partial charge in [0.2, 0.25) is 0 Å². The van der Waals surface area contributed by atoms with Crippen LogP contribution in [0.5, 0.6) is 0 Å². The van der Waals surface area contributed by atoms with Gasteiger partial charge in [-0.05, 0) is 36.8 Å². The number of allylic oxidation sites excluding steroid dienone is 2. The molecule has 1 aromatic rings. The summed E-state index contributed by atoms with van der Waals surface area (Å²) in [5.74, 6) is 0.548. The first-order valence-corrected chi connectivity index (χ1v) is 5.16. The minimum atomic E-state index is -0.674. The summed E-state index contributed by atoms with van der Waals surface area (Å²) in [6, 6.07) is 8.72. The van der Waals surface area contributed by atoms with E-state index in [0.29, 0.717) is 23.2 Å². The largest absolute Gasteiger partial charge is 0.479 e. The van der Waals surface area contributed by atoms with Gasteiger partial charge in [0, 0.05) is 0 Å². The zero-order valence-corrected chi connectivity index (χ0v) is 9.59. The molecule has 0 amide bonds. The van der Waals surface area contributed by atoms with Gasteiger partial charge >= 0.3 is 0 Å². The SMILES string of the molecule is C=C/C(=C\C)OC(C=O)c1ccc(C#N)cc1. The van der Waals surface area contributed by atoms with E-state index in [2.05, 4.69) is 6.58 Å². The van der Waals surface area contributed by atoms with Crippen molar-refractivity contribution in [1.29, 1.82) is 5.26 Å². The fourth-order valence-corrected chi connectivity index (χ4v) is 1.30. The summed E-state index contributed by atoms with van der Waals surface area (Å²) >= 11 is 0. The second-order valence-electron chi connectivity index (χ2n) is 3.30. The first-order valence-electron chi connectivity index (χ1n) is 5.16. The third-order valence-electron chi connectivity index (χ3n) is 2.24. The predicted molar refractivity (Wildman–Crippen MR) is 65.0 cm³/mol. The molecule has 86 valence electrons. The summed E-state index contributed by atoms with van der Waals surface area (Å²) in [6.45, 7) is 5.39. The molecule has 0 radical (unpaired) electrons. The Morgan fingerprint density at radius 3 is 2.53 bits per heavy atom. The van der Waals surface area contributed by atoms with Crippen molar-refractivity contribution in [3.8, 4) is 6.07 Å². The molecule has 0 saturated carbocycles. The summed E-state index contributed by atoms with van der Waals surface area (Å²) in [7, 11) is 0. The summed E-state index contributed by atoms with van der Waals surface area (Å²) in [6.07, 6.45) is 3.31. The highest BCUT2D eigenvalue weighted by molar-refractivity contribution is 5.60. The maximum absolute atomic E-state index is 11.0. The second kappa shape index (κ2) is 6.29. The van der Waals surface area contributed by atoms with Gasteiger partial charge in [0.05, 0.1) is 11.6 Å². The van der Waals surface area contributed by atoms with Gasteiger partial charge in [-0.1, -0.05) is 18.7 Å². The van der Waals surface area contributed by atoms with Crippen LogP contribution in [0.25, 0.3) is 0 Å². The lowest BCUT2D eigenvalue weighted by Crippen LogP contribution is -2.04. The minimum Gasteiger partial charge on any atom is -0.479 e. The summed E-state index contributed by atoms with van der Waals surface area (Å²) in [4.78, 5) is 11.0. The molecule has 1 rings (SSSR count). The van der Waals surface area contributed by atoms with Crippen molar-refractivity contribution in [2.45, 2.75) is 13.0 Å². The molecule has 0 aliphatic heterocycles. The molecule has 1 unspecified atom stereocenters. The van der Waals surface area contributed by atoms with E-state index in [1.54, 1.807) is 43.3 Å². The fraction of sp³-hybridized carbons (Fsp3) is 0.143. The molecule has 17 heavy (non-hydrogen) atoms. The quantitative estimate of drug-likeness (QED) is 0.441. The second-order valence-corrected chi connectivity index (χ2v) is 3.30. The van der Waals surface area contributed by atoms with Gasteiger partial charge in [-0.2, -0.15) is 5.26 Å². The van der Waals surface area contributed by atoms with Crippen molar-refractivity contribution in [1.82, 2.24) is 0 Å². The van der Waals surface area contributed by atoms with Gasteiger partial charge in [-0.3, -0.25) is 4.79 Å². The monoisotopic (exact) mass is 227 g/mol. The van der Waals surface area contributed by atoms with E-state index in [4.69, 9.17) is 10.00 Å². The number of aldehydes is 1. The van der Waals surface area contributed by atoms with Crippen molar-refractivity contribution in [3.05, 3.63) is 59.9 Å². The Labute approximate surface area is 101 Å². The molecule has 0 saturated heterocycles. The molecule has 1 atom stereocenters. The first-order chi connectivity index (χ1) is 8.24. The molecule has 0 heterocycles. The molecule has 0 fully saturated rings. The smallest absolute Gasteiger partial charge is 0.179 e. The predicted octanol–water partition coefficient (Wildman–Crippen LogP) is 2.90. The number of hydrogen-bond acceptors (Lipinski definition) is 3. The standard InChI is InChI=1S/C14H13NO2/c1-3-13(4-2)17-14(10-16)12-7-5-11(9-15)6-8-12/h3-8,10,14H,1H2,2H3/b13-4+. The van der Waals surface area contributed by atoms with E-state index in [1.165, 1.54) is 0 Å². The van der Waals surface area contributed by atoms with Crippen LogP contribution in [0.3, 0.4) is 0 Å². The van der Waals surface area contributed by atoms with Crippen molar-refractivity contribution in [3.63, 3.8) is 0 Å². The third-order valence-corrected chi connectivity index (χ3v) is 2.24. The molecule has 0 N–H and O–H groups in total. The van der Waals surface area contributed by atoms with Crippen LogP contribution >= 0.6 is 0 Å². The summed E-state index contributed by atoms with van der Waals surface area (Å²) in [5, 5.41) is 8.67. The van der Waals surface area contributed by atoms with Gasteiger partial charge in [0.1, 0.15) is 5.76 Å². The number of hydrogen-bond donors (Lipinski definition) is 0. The van der Waals surface area contributed by atoms with E-state index in [-0.39, 0.29) is 0 Å². The van der Waals surface area contributed by atoms with E-state index in [9.17, 15) is 4.79 Å². The van der Waals surface area contributed by atoms with Crippen LogP contribution in [0.2, 0.25) is 0 Å². The van der Waals surface area contributed by atoms with E-state index >= 15 is 0 Å². The molecular formula is C14H13NO2. The molecule has 0 bridgehead atoms. The number of benzene rings is 1.